The summed E-state index contributed by atoms with van der Waals surface area (Å²) in [7, 11) is 0. The summed E-state index contributed by atoms with van der Waals surface area (Å²) in [5.41, 5.74) is 4.26. The van der Waals surface area contributed by atoms with E-state index in [0.717, 1.165) is 41.5 Å². The normalized spacial score (nSPS) is 11.2. The molecule has 5 nitrogen and oxygen atoms in total. The average molecular weight is 367 g/mol. The van der Waals surface area contributed by atoms with Crippen molar-refractivity contribution in [3.05, 3.63) is 64.7 Å². The SMILES string of the molecule is CCc1c(-c2nnc(NCCc3ccccc3)o2)[nH]c2ccc(Cl)cc12. The van der Waals surface area contributed by atoms with Crippen LogP contribution in [0.4, 0.5) is 6.01 Å². The number of H-pyrrole nitrogens is 1. The maximum atomic E-state index is 6.14. The standard InChI is InChI=1S/C20H19ClN4O/c1-2-15-16-12-14(21)8-9-17(16)23-18(15)19-24-25-20(26-19)22-11-10-13-6-4-3-5-7-13/h3-9,12,23H,2,10-11H2,1H3,(H,22,25). The topological polar surface area (TPSA) is 66.7 Å². The van der Waals surface area contributed by atoms with Gasteiger partial charge in [0.15, 0.2) is 0 Å². The number of anilines is 1. The third kappa shape index (κ3) is 3.30. The van der Waals surface area contributed by atoms with Crippen LogP contribution in [-0.2, 0) is 12.8 Å². The minimum atomic E-state index is 0.426. The lowest BCUT2D eigenvalue weighted by atomic mass is 10.1. The van der Waals surface area contributed by atoms with E-state index in [9.17, 15) is 0 Å². The molecule has 4 rings (SSSR count). The van der Waals surface area contributed by atoms with Gasteiger partial charge in [-0.2, -0.15) is 0 Å². The zero-order chi connectivity index (χ0) is 17.9. The van der Waals surface area contributed by atoms with Gasteiger partial charge in [0, 0.05) is 22.5 Å². The van der Waals surface area contributed by atoms with Crippen LogP contribution in [0.2, 0.25) is 5.02 Å². The van der Waals surface area contributed by atoms with E-state index in [4.69, 9.17) is 16.0 Å². The van der Waals surface area contributed by atoms with Gasteiger partial charge in [-0.05, 0) is 42.2 Å². The summed E-state index contributed by atoms with van der Waals surface area (Å²) in [4.78, 5) is 3.37. The quantitative estimate of drug-likeness (QED) is 0.499. The van der Waals surface area contributed by atoms with Crippen LogP contribution in [-0.4, -0.2) is 21.7 Å². The van der Waals surface area contributed by atoms with Gasteiger partial charge < -0.3 is 14.7 Å². The van der Waals surface area contributed by atoms with Gasteiger partial charge in [-0.1, -0.05) is 54.0 Å². The number of halogens is 1. The van der Waals surface area contributed by atoms with Crippen LogP contribution in [0.1, 0.15) is 18.1 Å². The Labute approximate surface area is 156 Å². The minimum Gasteiger partial charge on any atom is -0.402 e. The molecule has 0 unspecified atom stereocenters. The highest BCUT2D eigenvalue weighted by Crippen LogP contribution is 2.32. The zero-order valence-corrected chi connectivity index (χ0v) is 15.2. The average Bonchev–Trinajstić information content (AvgIpc) is 3.26. The second-order valence-corrected chi connectivity index (χ2v) is 6.53. The van der Waals surface area contributed by atoms with E-state index in [1.54, 1.807) is 0 Å². The number of hydrogen-bond acceptors (Lipinski definition) is 4. The first-order valence-corrected chi connectivity index (χ1v) is 9.04. The van der Waals surface area contributed by atoms with Crippen molar-refractivity contribution in [3.63, 3.8) is 0 Å². The molecule has 2 aromatic carbocycles. The fourth-order valence-electron chi connectivity index (χ4n) is 3.12. The van der Waals surface area contributed by atoms with Crippen molar-refractivity contribution in [1.29, 1.82) is 0 Å². The monoisotopic (exact) mass is 366 g/mol. The summed E-state index contributed by atoms with van der Waals surface area (Å²) < 4.78 is 5.81. The molecule has 0 spiro atoms. The fourth-order valence-corrected chi connectivity index (χ4v) is 3.30. The Hall–Kier alpha value is -2.79. The van der Waals surface area contributed by atoms with E-state index in [1.807, 2.05) is 36.4 Å². The highest BCUT2D eigenvalue weighted by molar-refractivity contribution is 6.31. The zero-order valence-electron chi connectivity index (χ0n) is 14.4. The fraction of sp³-hybridized carbons (Fsp3) is 0.200. The van der Waals surface area contributed by atoms with E-state index in [2.05, 4.69) is 39.6 Å². The van der Waals surface area contributed by atoms with Crippen LogP contribution in [0, 0.1) is 0 Å². The number of aromatic amines is 1. The van der Waals surface area contributed by atoms with Crippen molar-refractivity contribution in [2.45, 2.75) is 19.8 Å². The molecule has 0 aliphatic carbocycles. The summed E-state index contributed by atoms with van der Waals surface area (Å²) in [6.07, 6.45) is 1.73. The van der Waals surface area contributed by atoms with Crippen molar-refractivity contribution in [1.82, 2.24) is 15.2 Å². The predicted molar refractivity (Wildman–Crippen MR) is 105 cm³/mol. The van der Waals surface area contributed by atoms with E-state index < -0.39 is 0 Å². The Morgan fingerprint density at radius 2 is 1.96 bits per heavy atom. The molecule has 0 amide bonds. The molecule has 0 fully saturated rings. The van der Waals surface area contributed by atoms with E-state index >= 15 is 0 Å². The van der Waals surface area contributed by atoms with Crippen molar-refractivity contribution >= 4 is 28.5 Å². The van der Waals surface area contributed by atoms with Crippen molar-refractivity contribution in [2.75, 3.05) is 11.9 Å². The van der Waals surface area contributed by atoms with Gasteiger partial charge >= 0.3 is 6.01 Å². The Balaban J connectivity index is 1.53. The lowest BCUT2D eigenvalue weighted by Crippen LogP contribution is -2.04. The number of rotatable bonds is 6. The molecule has 2 aromatic heterocycles. The van der Waals surface area contributed by atoms with E-state index in [1.165, 1.54) is 5.56 Å². The number of aromatic nitrogens is 3. The van der Waals surface area contributed by atoms with Crippen molar-refractivity contribution in [3.8, 4) is 11.6 Å². The molecule has 0 saturated heterocycles. The van der Waals surface area contributed by atoms with Crippen LogP contribution in [0.5, 0.6) is 0 Å². The second-order valence-electron chi connectivity index (χ2n) is 6.10. The minimum absolute atomic E-state index is 0.426. The molecule has 0 aliphatic heterocycles. The molecule has 0 aliphatic rings. The number of fused-ring (bicyclic) bond motifs is 1. The molecule has 2 heterocycles. The molecule has 132 valence electrons. The molecular weight excluding hydrogens is 348 g/mol. The largest absolute Gasteiger partial charge is 0.402 e. The van der Waals surface area contributed by atoms with Gasteiger partial charge in [-0.15, -0.1) is 5.10 Å². The van der Waals surface area contributed by atoms with Crippen LogP contribution in [0.3, 0.4) is 0 Å². The predicted octanol–water partition coefficient (Wildman–Crippen LogP) is 5.09. The molecule has 26 heavy (non-hydrogen) atoms. The van der Waals surface area contributed by atoms with Gasteiger partial charge in [0.25, 0.3) is 5.89 Å². The lowest BCUT2D eigenvalue weighted by molar-refractivity contribution is 0.578. The van der Waals surface area contributed by atoms with Crippen LogP contribution in [0.25, 0.3) is 22.5 Å². The maximum Gasteiger partial charge on any atom is 0.315 e. The first-order chi connectivity index (χ1) is 12.7. The molecule has 6 heteroatoms. The van der Waals surface area contributed by atoms with Crippen LogP contribution < -0.4 is 5.32 Å². The number of nitrogens with one attached hydrogen (secondary N) is 2. The van der Waals surface area contributed by atoms with E-state index in [0.29, 0.717) is 16.9 Å². The third-order valence-corrected chi connectivity index (χ3v) is 4.63. The first kappa shape index (κ1) is 16.7. The highest BCUT2D eigenvalue weighted by Gasteiger charge is 2.17. The molecule has 0 atom stereocenters. The summed E-state index contributed by atoms with van der Waals surface area (Å²) in [6, 6.07) is 16.5. The van der Waals surface area contributed by atoms with Gasteiger partial charge in [-0.25, -0.2) is 0 Å². The second kappa shape index (κ2) is 7.22. The molecule has 0 radical (unpaired) electrons. The molecular formula is C20H19ClN4O. The Kier molecular flexibility index (Phi) is 4.63. The van der Waals surface area contributed by atoms with Crippen LogP contribution in [0.15, 0.2) is 52.9 Å². The summed E-state index contributed by atoms with van der Waals surface area (Å²) in [5, 5.41) is 13.3. The Morgan fingerprint density at radius 1 is 1.12 bits per heavy atom. The summed E-state index contributed by atoms with van der Waals surface area (Å²) in [6.45, 7) is 2.83. The van der Waals surface area contributed by atoms with Gasteiger partial charge in [0.05, 0.1) is 0 Å². The Bertz CT molecular complexity index is 1020. The third-order valence-electron chi connectivity index (χ3n) is 4.39. The Morgan fingerprint density at radius 3 is 2.77 bits per heavy atom. The summed E-state index contributed by atoms with van der Waals surface area (Å²) >= 11 is 6.14. The summed E-state index contributed by atoms with van der Waals surface area (Å²) in [5.74, 6) is 0.483. The maximum absolute atomic E-state index is 6.14. The molecule has 4 aromatic rings. The van der Waals surface area contributed by atoms with Gasteiger partial charge in [0.1, 0.15) is 5.69 Å². The number of aryl methyl sites for hydroxylation is 1. The van der Waals surface area contributed by atoms with Gasteiger partial charge in [0.2, 0.25) is 0 Å². The van der Waals surface area contributed by atoms with Crippen molar-refractivity contribution < 1.29 is 4.42 Å². The van der Waals surface area contributed by atoms with E-state index in [-0.39, 0.29) is 0 Å². The number of benzene rings is 2. The number of hydrogen-bond donors (Lipinski definition) is 2. The number of nitrogens with zero attached hydrogens (tertiary/aromatic N) is 2. The lowest BCUT2D eigenvalue weighted by Gasteiger charge is -2.01. The first-order valence-electron chi connectivity index (χ1n) is 8.66. The smallest absolute Gasteiger partial charge is 0.315 e. The molecule has 0 saturated carbocycles. The van der Waals surface area contributed by atoms with Crippen LogP contribution >= 0.6 is 11.6 Å². The highest BCUT2D eigenvalue weighted by atomic mass is 35.5. The van der Waals surface area contributed by atoms with Gasteiger partial charge in [-0.3, -0.25) is 0 Å². The molecule has 2 N–H and O–H groups in total. The van der Waals surface area contributed by atoms with Crippen molar-refractivity contribution in [2.24, 2.45) is 0 Å². The molecule has 0 bridgehead atoms.